The Labute approximate surface area is 156 Å². The molecule has 0 aliphatic carbocycles. The molecule has 0 fully saturated rings. The van der Waals surface area contributed by atoms with Crippen molar-refractivity contribution in [3.63, 3.8) is 0 Å². The molecule has 0 aliphatic rings. The van der Waals surface area contributed by atoms with Crippen molar-refractivity contribution in [3.05, 3.63) is 71.8 Å². The molecule has 2 aromatic carbocycles. The summed E-state index contributed by atoms with van der Waals surface area (Å²) in [6.07, 6.45) is 1.96. The minimum atomic E-state index is -0.717. The number of hydrogen-bond donors (Lipinski definition) is 2. The van der Waals surface area contributed by atoms with E-state index in [9.17, 15) is 9.59 Å². The van der Waals surface area contributed by atoms with Crippen LogP contribution in [-0.4, -0.2) is 17.9 Å². The van der Waals surface area contributed by atoms with Crippen LogP contribution in [0.1, 0.15) is 55.6 Å². The molecule has 26 heavy (non-hydrogen) atoms. The molecule has 0 heterocycles. The standard InChI is InChI=1S/C22H28N2O2/c1-16(2)14-15-17(3)23-22(26)20(18-10-6-4-7-11-18)24-21(25)19-12-8-5-9-13-19/h4-13,16-17,20H,14-15H2,1-3H3,(H,23,26)(H,24,25). The van der Waals surface area contributed by atoms with Gasteiger partial charge in [0.25, 0.3) is 5.91 Å². The molecule has 2 atom stereocenters. The van der Waals surface area contributed by atoms with Gasteiger partial charge in [-0.15, -0.1) is 0 Å². The summed E-state index contributed by atoms with van der Waals surface area (Å²) >= 11 is 0. The Hall–Kier alpha value is -2.62. The Morgan fingerprint density at radius 1 is 0.808 bits per heavy atom. The van der Waals surface area contributed by atoms with Gasteiger partial charge < -0.3 is 10.6 Å². The van der Waals surface area contributed by atoms with Gasteiger partial charge in [0.2, 0.25) is 5.91 Å². The quantitative estimate of drug-likeness (QED) is 0.751. The zero-order chi connectivity index (χ0) is 18.9. The van der Waals surface area contributed by atoms with Crippen LogP contribution in [0.5, 0.6) is 0 Å². The van der Waals surface area contributed by atoms with Crippen molar-refractivity contribution in [3.8, 4) is 0 Å². The molecule has 0 saturated heterocycles. The number of carbonyl (C=O) groups excluding carboxylic acids is 2. The summed E-state index contributed by atoms with van der Waals surface area (Å²) in [4.78, 5) is 25.4. The maximum Gasteiger partial charge on any atom is 0.252 e. The highest BCUT2D eigenvalue weighted by atomic mass is 16.2. The first-order valence-corrected chi connectivity index (χ1v) is 9.18. The van der Waals surface area contributed by atoms with Crippen LogP contribution in [0.15, 0.2) is 60.7 Å². The van der Waals surface area contributed by atoms with E-state index in [1.807, 2.05) is 43.3 Å². The van der Waals surface area contributed by atoms with E-state index in [1.165, 1.54) is 0 Å². The molecule has 2 aromatic rings. The van der Waals surface area contributed by atoms with Gasteiger partial charge >= 0.3 is 0 Å². The van der Waals surface area contributed by atoms with Gasteiger partial charge in [-0.2, -0.15) is 0 Å². The van der Waals surface area contributed by atoms with E-state index in [0.29, 0.717) is 11.5 Å². The van der Waals surface area contributed by atoms with Crippen LogP contribution in [-0.2, 0) is 4.79 Å². The number of rotatable bonds is 8. The maximum atomic E-state index is 12.8. The maximum absolute atomic E-state index is 12.8. The highest BCUT2D eigenvalue weighted by molar-refractivity contribution is 5.97. The summed E-state index contributed by atoms with van der Waals surface area (Å²) in [7, 11) is 0. The smallest absolute Gasteiger partial charge is 0.252 e. The summed E-state index contributed by atoms with van der Waals surface area (Å²) < 4.78 is 0. The molecule has 4 heteroatoms. The molecule has 2 amide bonds. The molecule has 4 nitrogen and oxygen atoms in total. The van der Waals surface area contributed by atoms with Crippen molar-refractivity contribution in [1.29, 1.82) is 0 Å². The van der Waals surface area contributed by atoms with E-state index in [2.05, 4.69) is 24.5 Å². The van der Waals surface area contributed by atoms with Crippen LogP contribution in [0.3, 0.4) is 0 Å². The largest absolute Gasteiger partial charge is 0.352 e. The Morgan fingerprint density at radius 2 is 1.38 bits per heavy atom. The predicted octanol–water partition coefficient (Wildman–Crippen LogP) is 4.10. The van der Waals surface area contributed by atoms with E-state index in [0.717, 1.165) is 18.4 Å². The second-order valence-electron chi connectivity index (χ2n) is 7.06. The number of nitrogens with one attached hydrogen (secondary N) is 2. The third-order valence-corrected chi connectivity index (χ3v) is 4.27. The lowest BCUT2D eigenvalue weighted by molar-refractivity contribution is -0.123. The lowest BCUT2D eigenvalue weighted by atomic mass is 10.0. The van der Waals surface area contributed by atoms with Crippen molar-refractivity contribution in [2.75, 3.05) is 0 Å². The Balaban J connectivity index is 2.11. The number of amides is 2. The van der Waals surface area contributed by atoms with Gasteiger partial charge in [0.15, 0.2) is 0 Å². The van der Waals surface area contributed by atoms with Gasteiger partial charge in [-0.3, -0.25) is 9.59 Å². The van der Waals surface area contributed by atoms with E-state index in [1.54, 1.807) is 24.3 Å². The van der Waals surface area contributed by atoms with Crippen molar-refractivity contribution >= 4 is 11.8 Å². The highest BCUT2D eigenvalue weighted by Gasteiger charge is 2.24. The molecular weight excluding hydrogens is 324 g/mol. The summed E-state index contributed by atoms with van der Waals surface area (Å²) in [5.41, 5.74) is 1.31. The van der Waals surface area contributed by atoms with Gasteiger partial charge in [0, 0.05) is 11.6 Å². The van der Waals surface area contributed by atoms with E-state index < -0.39 is 6.04 Å². The van der Waals surface area contributed by atoms with Gasteiger partial charge in [0.1, 0.15) is 6.04 Å². The molecule has 2 unspecified atom stereocenters. The normalized spacial score (nSPS) is 13.1. The van der Waals surface area contributed by atoms with Crippen molar-refractivity contribution in [2.24, 2.45) is 5.92 Å². The lowest BCUT2D eigenvalue weighted by Crippen LogP contribution is -2.43. The topological polar surface area (TPSA) is 58.2 Å². The van der Waals surface area contributed by atoms with E-state index >= 15 is 0 Å². The first-order chi connectivity index (χ1) is 12.5. The molecular formula is C22H28N2O2. The Bertz CT molecular complexity index is 699. The average molecular weight is 352 g/mol. The monoisotopic (exact) mass is 352 g/mol. The van der Waals surface area contributed by atoms with E-state index in [4.69, 9.17) is 0 Å². The van der Waals surface area contributed by atoms with E-state index in [-0.39, 0.29) is 17.9 Å². The molecule has 138 valence electrons. The molecule has 0 radical (unpaired) electrons. The summed E-state index contributed by atoms with van der Waals surface area (Å²) in [6.45, 7) is 6.34. The second-order valence-corrected chi connectivity index (χ2v) is 7.06. The molecule has 0 aliphatic heterocycles. The van der Waals surface area contributed by atoms with Crippen LogP contribution < -0.4 is 10.6 Å². The third kappa shape index (κ3) is 6.03. The number of hydrogen-bond acceptors (Lipinski definition) is 2. The number of benzene rings is 2. The van der Waals surface area contributed by atoms with Crippen LogP contribution >= 0.6 is 0 Å². The first kappa shape index (κ1) is 19.7. The fourth-order valence-corrected chi connectivity index (χ4v) is 2.73. The van der Waals surface area contributed by atoms with Crippen LogP contribution in [0.25, 0.3) is 0 Å². The van der Waals surface area contributed by atoms with Crippen molar-refractivity contribution < 1.29 is 9.59 Å². The molecule has 0 spiro atoms. The van der Waals surface area contributed by atoms with Gasteiger partial charge in [0.05, 0.1) is 0 Å². The zero-order valence-electron chi connectivity index (χ0n) is 15.7. The fraction of sp³-hybridized carbons (Fsp3) is 0.364. The van der Waals surface area contributed by atoms with Gasteiger partial charge in [-0.05, 0) is 43.4 Å². The minimum absolute atomic E-state index is 0.0599. The van der Waals surface area contributed by atoms with Gasteiger partial charge in [-0.1, -0.05) is 62.4 Å². The fourth-order valence-electron chi connectivity index (χ4n) is 2.73. The average Bonchev–Trinajstić information content (AvgIpc) is 2.65. The SMILES string of the molecule is CC(C)CCC(C)NC(=O)C(NC(=O)c1ccccc1)c1ccccc1. The van der Waals surface area contributed by atoms with Crippen LogP contribution in [0.4, 0.5) is 0 Å². The second kappa shape index (κ2) is 9.76. The highest BCUT2D eigenvalue weighted by Crippen LogP contribution is 2.15. The third-order valence-electron chi connectivity index (χ3n) is 4.27. The number of carbonyl (C=O) groups is 2. The summed E-state index contributed by atoms with van der Waals surface area (Å²) in [6, 6.07) is 17.6. The Morgan fingerprint density at radius 3 is 1.96 bits per heavy atom. The Kier molecular flexibility index (Phi) is 7.39. The molecule has 2 N–H and O–H groups in total. The lowest BCUT2D eigenvalue weighted by Gasteiger charge is -2.22. The van der Waals surface area contributed by atoms with Crippen molar-refractivity contribution in [1.82, 2.24) is 10.6 Å². The molecule has 0 saturated carbocycles. The summed E-state index contributed by atoms with van der Waals surface area (Å²) in [5, 5.41) is 5.91. The van der Waals surface area contributed by atoms with Crippen LogP contribution in [0.2, 0.25) is 0 Å². The molecule has 0 bridgehead atoms. The minimum Gasteiger partial charge on any atom is -0.352 e. The molecule has 0 aromatic heterocycles. The molecule has 2 rings (SSSR count). The first-order valence-electron chi connectivity index (χ1n) is 9.18. The van der Waals surface area contributed by atoms with Gasteiger partial charge in [-0.25, -0.2) is 0 Å². The zero-order valence-corrected chi connectivity index (χ0v) is 15.7. The predicted molar refractivity (Wildman–Crippen MR) is 105 cm³/mol. The van der Waals surface area contributed by atoms with Crippen molar-refractivity contribution in [2.45, 2.75) is 45.7 Å². The van der Waals surface area contributed by atoms with Crippen LogP contribution in [0, 0.1) is 5.92 Å². The summed E-state index contributed by atoms with van der Waals surface area (Å²) in [5.74, 6) is 0.151.